The molecule has 0 aromatic carbocycles. The van der Waals surface area contributed by atoms with Gasteiger partial charge in [0.1, 0.15) is 0 Å². The second-order valence-corrected chi connectivity index (χ2v) is 6.71. The molecule has 0 radical (unpaired) electrons. The van der Waals surface area contributed by atoms with E-state index in [4.69, 9.17) is 14.5 Å². The minimum Gasteiger partial charge on any atom is -0.436 e. The van der Waals surface area contributed by atoms with Crippen molar-refractivity contribution in [3.05, 3.63) is 42.1 Å². The lowest BCUT2D eigenvalue weighted by Gasteiger charge is -2.35. The zero-order valence-corrected chi connectivity index (χ0v) is 14.6. The molecule has 0 saturated carbocycles. The van der Waals surface area contributed by atoms with Crippen LogP contribution in [0.4, 0.5) is 0 Å². The van der Waals surface area contributed by atoms with Crippen molar-refractivity contribution in [2.75, 3.05) is 19.8 Å². The first kappa shape index (κ1) is 16.4. The van der Waals surface area contributed by atoms with Crippen molar-refractivity contribution in [3.63, 3.8) is 0 Å². The van der Waals surface area contributed by atoms with Crippen LogP contribution in [0.5, 0.6) is 11.6 Å². The van der Waals surface area contributed by atoms with E-state index in [9.17, 15) is 0 Å². The molecule has 132 valence electrons. The van der Waals surface area contributed by atoms with Gasteiger partial charge in [-0.3, -0.25) is 14.9 Å². The SMILES string of the molecule is Cc1ncccc1Oc1cncc([C@@H]2CCCN2C2CCOCC2)n1. The fraction of sp³-hybridized carbons (Fsp3) is 0.526. The van der Waals surface area contributed by atoms with Gasteiger partial charge >= 0.3 is 0 Å². The molecule has 1 atom stereocenters. The number of ether oxygens (including phenoxy) is 2. The monoisotopic (exact) mass is 340 g/mol. The van der Waals surface area contributed by atoms with Gasteiger partial charge < -0.3 is 9.47 Å². The summed E-state index contributed by atoms with van der Waals surface area (Å²) in [5, 5.41) is 0. The molecular formula is C19H24N4O2. The molecule has 2 aliphatic heterocycles. The van der Waals surface area contributed by atoms with Crippen LogP contribution in [0.1, 0.15) is 43.1 Å². The van der Waals surface area contributed by atoms with Crippen molar-refractivity contribution in [1.29, 1.82) is 0 Å². The third-order valence-corrected chi connectivity index (χ3v) is 5.10. The highest BCUT2D eigenvalue weighted by molar-refractivity contribution is 5.29. The minimum absolute atomic E-state index is 0.328. The third-order valence-electron chi connectivity index (χ3n) is 5.10. The van der Waals surface area contributed by atoms with E-state index in [1.54, 1.807) is 12.4 Å². The molecular weight excluding hydrogens is 316 g/mol. The van der Waals surface area contributed by atoms with Gasteiger partial charge in [-0.2, -0.15) is 0 Å². The van der Waals surface area contributed by atoms with Crippen LogP contribution < -0.4 is 4.74 Å². The molecule has 0 bridgehead atoms. The van der Waals surface area contributed by atoms with Crippen molar-refractivity contribution in [2.45, 2.75) is 44.7 Å². The molecule has 2 aromatic heterocycles. The molecule has 25 heavy (non-hydrogen) atoms. The van der Waals surface area contributed by atoms with Crippen LogP contribution in [-0.2, 0) is 4.74 Å². The van der Waals surface area contributed by atoms with Crippen LogP contribution in [0.2, 0.25) is 0 Å². The third kappa shape index (κ3) is 3.65. The first-order valence-corrected chi connectivity index (χ1v) is 9.06. The van der Waals surface area contributed by atoms with Crippen LogP contribution in [0.15, 0.2) is 30.7 Å². The van der Waals surface area contributed by atoms with Crippen molar-refractivity contribution in [1.82, 2.24) is 19.9 Å². The van der Waals surface area contributed by atoms with Gasteiger partial charge in [0.15, 0.2) is 5.75 Å². The van der Waals surface area contributed by atoms with Crippen LogP contribution >= 0.6 is 0 Å². The predicted octanol–water partition coefficient (Wildman–Crippen LogP) is 3.29. The minimum atomic E-state index is 0.328. The van der Waals surface area contributed by atoms with Crippen LogP contribution in [0.25, 0.3) is 0 Å². The first-order valence-electron chi connectivity index (χ1n) is 9.06. The summed E-state index contributed by atoms with van der Waals surface area (Å²) in [4.78, 5) is 16.0. The fourth-order valence-corrected chi connectivity index (χ4v) is 3.82. The smallest absolute Gasteiger partial charge is 0.238 e. The van der Waals surface area contributed by atoms with Gasteiger partial charge in [-0.1, -0.05) is 0 Å². The summed E-state index contributed by atoms with van der Waals surface area (Å²) in [5.74, 6) is 1.26. The number of aromatic nitrogens is 3. The normalized spacial score (nSPS) is 22.2. The van der Waals surface area contributed by atoms with Gasteiger partial charge in [-0.25, -0.2) is 4.98 Å². The second-order valence-electron chi connectivity index (χ2n) is 6.71. The number of likely N-dealkylation sites (tertiary alicyclic amines) is 1. The van der Waals surface area contributed by atoms with E-state index >= 15 is 0 Å². The highest BCUT2D eigenvalue weighted by Crippen LogP contribution is 2.35. The average Bonchev–Trinajstić information content (AvgIpc) is 3.15. The second kappa shape index (κ2) is 7.45. The number of nitrogens with zero attached hydrogens (tertiary/aromatic N) is 4. The Morgan fingerprint density at radius 3 is 2.92 bits per heavy atom. The molecule has 0 unspecified atom stereocenters. The lowest BCUT2D eigenvalue weighted by atomic mass is 10.0. The molecule has 2 fully saturated rings. The van der Waals surface area contributed by atoms with Crippen molar-refractivity contribution >= 4 is 0 Å². The number of aryl methyl sites for hydroxylation is 1. The molecule has 4 rings (SSSR count). The maximum absolute atomic E-state index is 5.92. The number of hydrogen-bond donors (Lipinski definition) is 0. The Kier molecular flexibility index (Phi) is 4.90. The zero-order valence-electron chi connectivity index (χ0n) is 14.6. The summed E-state index contributed by atoms with van der Waals surface area (Å²) in [6.07, 6.45) is 9.85. The molecule has 0 N–H and O–H groups in total. The molecule has 6 heteroatoms. The van der Waals surface area contributed by atoms with Gasteiger partial charge in [0.2, 0.25) is 5.88 Å². The van der Waals surface area contributed by atoms with E-state index < -0.39 is 0 Å². The largest absolute Gasteiger partial charge is 0.436 e. The van der Waals surface area contributed by atoms with Crippen LogP contribution in [-0.4, -0.2) is 45.7 Å². The summed E-state index contributed by atoms with van der Waals surface area (Å²) in [5.41, 5.74) is 1.85. The topological polar surface area (TPSA) is 60.4 Å². The Hall–Kier alpha value is -2.05. The molecule has 4 heterocycles. The standard InChI is InChI=1S/C19H24N4O2/c1-14-18(5-2-8-21-14)25-19-13-20-12-16(22-19)17-4-3-9-23(17)15-6-10-24-11-7-15/h2,5,8,12-13,15,17H,3-4,6-7,9-11H2,1H3/t17-/m0/s1. The van der Waals surface area contributed by atoms with E-state index in [2.05, 4.69) is 14.9 Å². The Morgan fingerprint density at radius 2 is 2.08 bits per heavy atom. The van der Waals surface area contributed by atoms with Gasteiger partial charge in [-0.15, -0.1) is 0 Å². The Morgan fingerprint density at radius 1 is 1.20 bits per heavy atom. The van der Waals surface area contributed by atoms with Crippen LogP contribution in [0.3, 0.4) is 0 Å². The first-order chi connectivity index (χ1) is 12.3. The van der Waals surface area contributed by atoms with Gasteiger partial charge in [0.05, 0.1) is 29.8 Å². The van der Waals surface area contributed by atoms with Crippen LogP contribution in [0, 0.1) is 6.92 Å². The zero-order chi connectivity index (χ0) is 17.1. The number of pyridine rings is 1. The number of rotatable bonds is 4. The average molecular weight is 340 g/mol. The Bertz CT molecular complexity index is 718. The molecule has 0 spiro atoms. The Labute approximate surface area is 148 Å². The van der Waals surface area contributed by atoms with E-state index in [1.807, 2.05) is 25.3 Å². The molecule has 0 aliphatic carbocycles. The molecule has 2 aromatic rings. The van der Waals surface area contributed by atoms with E-state index in [0.29, 0.717) is 18.0 Å². The molecule has 2 aliphatic rings. The fourth-order valence-electron chi connectivity index (χ4n) is 3.82. The summed E-state index contributed by atoms with van der Waals surface area (Å²) in [7, 11) is 0. The lowest BCUT2D eigenvalue weighted by molar-refractivity contribution is 0.0284. The van der Waals surface area contributed by atoms with Crippen molar-refractivity contribution < 1.29 is 9.47 Å². The van der Waals surface area contributed by atoms with Gasteiger partial charge in [0, 0.05) is 25.5 Å². The lowest BCUT2D eigenvalue weighted by Crippen LogP contribution is -2.39. The summed E-state index contributed by atoms with van der Waals surface area (Å²) >= 11 is 0. The highest BCUT2D eigenvalue weighted by atomic mass is 16.5. The number of hydrogen-bond acceptors (Lipinski definition) is 6. The predicted molar refractivity (Wildman–Crippen MR) is 93.6 cm³/mol. The van der Waals surface area contributed by atoms with E-state index in [-0.39, 0.29) is 0 Å². The summed E-state index contributed by atoms with van der Waals surface area (Å²) in [6.45, 7) is 4.78. The summed E-state index contributed by atoms with van der Waals surface area (Å²) < 4.78 is 11.4. The highest BCUT2D eigenvalue weighted by Gasteiger charge is 2.33. The maximum atomic E-state index is 5.92. The molecule has 0 amide bonds. The van der Waals surface area contributed by atoms with E-state index in [1.165, 1.54) is 6.42 Å². The Balaban J connectivity index is 1.53. The quantitative estimate of drug-likeness (QED) is 0.851. The molecule has 6 nitrogen and oxygen atoms in total. The van der Waals surface area contributed by atoms with Gasteiger partial charge in [-0.05, 0) is 51.3 Å². The molecule has 2 saturated heterocycles. The van der Waals surface area contributed by atoms with Crippen molar-refractivity contribution in [3.8, 4) is 11.6 Å². The van der Waals surface area contributed by atoms with Gasteiger partial charge in [0.25, 0.3) is 0 Å². The van der Waals surface area contributed by atoms with Crippen molar-refractivity contribution in [2.24, 2.45) is 0 Å². The summed E-state index contributed by atoms with van der Waals surface area (Å²) in [6, 6.07) is 4.69. The maximum Gasteiger partial charge on any atom is 0.238 e. The van der Waals surface area contributed by atoms with E-state index in [0.717, 1.165) is 56.2 Å².